The van der Waals surface area contributed by atoms with Gasteiger partial charge in [0.25, 0.3) is 0 Å². The smallest absolute Gasteiger partial charge is 0.342 e. The fraction of sp³-hybridized carbons (Fsp3) is 0.130. The molecule has 0 bridgehead atoms. The molecule has 0 fully saturated rings. The Hall–Kier alpha value is -3.58. The van der Waals surface area contributed by atoms with Crippen LogP contribution in [0.15, 0.2) is 66.5 Å². The third-order valence-corrected chi connectivity index (χ3v) is 5.17. The number of pyridine rings is 1. The van der Waals surface area contributed by atoms with Crippen molar-refractivity contribution in [3.05, 3.63) is 82.5 Å². The lowest BCUT2D eigenvalue weighted by atomic mass is 10.1. The Balaban J connectivity index is 2.00. The predicted molar refractivity (Wildman–Crippen MR) is 117 cm³/mol. The van der Waals surface area contributed by atoms with Gasteiger partial charge >= 0.3 is 5.97 Å². The van der Waals surface area contributed by atoms with Crippen LogP contribution in [0.4, 0.5) is 10.7 Å². The maximum Gasteiger partial charge on any atom is 0.342 e. The van der Waals surface area contributed by atoms with Gasteiger partial charge in [-0.2, -0.15) is 0 Å². The van der Waals surface area contributed by atoms with Crippen LogP contribution in [-0.2, 0) is 9.53 Å². The normalized spacial score (nSPS) is 11.1. The van der Waals surface area contributed by atoms with E-state index >= 15 is 0 Å². The average molecular weight is 420 g/mol. The minimum Gasteiger partial charge on any atom is -0.462 e. The highest BCUT2D eigenvalue weighted by atomic mass is 32.1. The molecule has 0 saturated heterocycles. The molecule has 0 amide bonds. The summed E-state index contributed by atoms with van der Waals surface area (Å²) in [4.78, 5) is 42.0. The molecule has 1 aromatic carbocycles. The first-order valence-electron chi connectivity index (χ1n) is 9.30. The van der Waals surface area contributed by atoms with Crippen LogP contribution in [0.1, 0.15) is 39.4 Å². The van der Waals surface area contributed by atoms with Crippen LogP contribution in [0.3, 0.4) is 0 Å². The molecule has 0 spiro atoms. The fourth-order valence-corrected chi connectivity index (χ4v) is 3.78. The quantitative estimate of drug-likeness (QED) is 0.183. The van der Waals surface area contributed by atoms with Crippen LogP contribution in [0.5, 0.6) is 0 Å². The van der Waals surface area contributed by atoms with Crippen molar-refractivity contribution in [3.63, 3.8) is 0 Å². The summed E-state index contributed by atoms with van der Waals surface area (Å²) < 4.78 is 5.08. The van der Waals surface area contributed by atoms with Gasteiger partial charge in [-0.15, -0.1) is 11.3 Å². The standard InChI is InChI=1S/C23H20N2O4S/c1-3-29-23(28)19(13-16-9-11-24-12-10-16)21(27)20-14-18(15(2)26)22(30-20)25-17-7-5-4-6-8-17/h4-14,25H,3H2,1-2H3. The van der Waals surface area contributed by atoms with Gasteiger partial charge in [0.15, 0.2) is 5.78 Å². The number of hydrogen-bond donors (Lipinski definition) is 1. The molecule has 2 aromatic heterocycles. The summed E-state index contributed by atoms with van der Waals surface area (Å²) in [6.07, 6.45) is 4.61. The molecule has 0 aliphatic carbocycles. The van der Waals surface area contributed by atoms with E-state index in [4.69, 9.17) is 4.74 Å². The number of ether oxygens (including phenoxy) is 1. The number of nitrogens with one attached hydrogen (secondary N) is 1. The first-order valence-corrected chi connectivity index (χ1v) is 10.1. The Labute approximate surface area is 178 Å². The number of hydrogen-bond acceptors (Lipinski definition) is 7. The Morgan fingerprint density at radius 1 is 1.10 bits per heavy atom. The number of Topliss-reactive ketones (excluding diaryl/α,β-unsaturated/α-hetero) is 2. The molecule has 6 nitrogen and oxygen atoms in total. The molecule has 0 saturated carbocycles. The molecule has 3 aromatic rings. The van der Waals surface area contributed by atoms with E-state index in [0.717, 1.165) is 17.0 Å². The van der Waals surface area contributed by atoms with Crippen LogP contribution in [0.25, 0.3) is 6.08 Å². The number of esters is 1. The zero-order valence-corrected chi connectivity index (χ0v) is 17.4. The molecule has 0 aliphatic rings. The number of carbonyl (C=O) groups excluding carboxylic acids is 3. The monoisotopic (exact) mass is 420 g/mol. The zero-order chi connectivity index (χ0) is 21.5. The highest BCUT2D eigenvalue weighted by molar-refractivity contribution is 7.18. The lowest BCUT2D eigenvalue weighted by Crippen LogP contribution is -2.15. The maximum atomic E-state index is 13.2. The van der Waals surface area contributed by atoms with Gasteiger partial charge in [0.2, 0.25) is 5.78 Å². The fourth-order valence-electron chi connectivity index (χ4n) is 2.69. The second kappa shape index (κ2) is 9.76. The number of ketones is 2. The molecular weight excluding hydrogens is 400 g/mol. The van der Waals surface area contributed by atoms with Crippen LogP contribution < -0.4 is 5.32 Å². The highest BCUT2D eigenvalue weighted by Crippen LogP contribution is 2.33. The van der Waals surface area contributed by atoms with Crippen LogP contribution in [-0.4, -0.2) is 29.1 Å². The van der Waals surface area contributed by atoms with Crippen molar-refractivity contribution in [1.82, 2.24) is 4.98 Å². The number of para-hydroxylation sites is 1. The van der Waals surface area contributed by atoms with Gasteiger partial charge < -0.3 is 10.1 Å². The number of benzene rings is 1. The second-order valence-corrected chi connectivity index (χ2v) is 7.34. The molecule has 2 heterocycles. The highest BCUT2D eigenvalue weighted by Gasteiger charge is 2.25. The summed E-state index contributed by atoms with van der Waals surface area (Å²) in [6, 6.07) is 14.2. The molecule has 7 heteroatoms. The molecule has 30 heavy (non-hydrogen) atoms. The summed E-state index contributed by atoms with van der Waals surface area (Å²) >= 11 is 1.12. The van der Waals surface area contributed by atoms with Crippen molar-refractivity contribution in [2.24, 2.45) is 0 Å². The molecule has 0 radical (unpaired) electrons. The van der Waals surface area contributed by atoms with Crippen LogP contribution in [0, 0.1) is 0 Å². The Morgan fingerprint density at radius 2 is 1.80 bits per heavy atom. The Morgan fingerprint density at radius 3 is 2.43 bits per heavy atom. The third-order valence-electron chi connectivity index (χ3n) is 4.12. The van der Waals surface area contributed by atoms with Crippen molar-refractivity contribution in [2.45, 2.75) is 13.8 Å². The summed E-state index contributed by atoms with van der Waals surface area (Å²) in [7, 11) is 0. The number of rotatable bonds is 8. The van der Waals surface area contributed by atoms with Crippen molar-refractivity contribution in [2.75, 3.05) is 11.9 Å². The Bertz CT molecular complexity index is 1090. The predicted octanol–water partition coefficient (Wildman–Crippen LogP) is 4.92. The van der Waals surface area contributed by atoms with Gasteiger partial charge in [-0.3, -0.25) is 14.6 Å². The van der Waals surface area contributed by atoms with E-state index in [9.17, 15) is 14.4 Å². The lowest BCUT2D eigenvalue weighted by molar-refractivity contribution is -0.137. The maximum absolute atomic E-state index is 13.2. The molecular formula is C23H20N2O4S. The van der Waals surface area contributed by atoms with E-state index < -0.39 is 11.8 Å². The molecule has 0 aliphatic heterocycles. The minimum absolute atomic E-state index is 0.106. The van der Waals surface area contributed by atoms with E-state index in [2.05, 4.69) is 10.3 Å². The molecule has 3 rings (SSSR count). The van der Waals surface area contributed by atoms with E-state index in [0.29, 0.717) is 16.1 Å². The van der Waals surface area contributed by atoms with Crippen molar-refractivity contribution < 1.29 is 19.1 Å². The third kappa shape index (κ3) is 5.07. The van der Waals surface area contributed by atoms with Crippen molar-refractivity contribution in [3.8, 4) is 0 Å². The molecule has 1 N–H and O–H groups in total. The van der Waals surface area contributed by atoms with E-state index in [1.807, 2.05) is 30.3 Å². The van der Waals surface area contributed by atoms with Crippen LogP contribution in [0.2, 0.25) is 0 Å². The number of aromatic nitrogens is 1. The topological polar surface area (TPSA) is 85.4 Å². The number of carbonyl (C=O) groups is 3. The van der Waals surface area contributed by atoms with E-state index in [1.54, 1.807) is 31.5 Å². The first kappa shape index (κ1) is 21.1. The van der Waals surface area contributed by atoms with Gasteiger partial charge in [-0.05, 0) is 55.8 Å². The number of nitrogens with zero attached hydrogens (tertiary/aromatic N) is 1. The van der Waals surface area contributed by atoms with E-state index in [-0.39, 0.29) is 22.8 Å². The van der Waals surface area contributed by atoms with Gasteiger partial charge in [-0.25, -0.2) is 4.79 Å². The van der Waals surface area contributed by atoms with Crippen LogP contribution >= 0.6 is 11.3 Å². The SMILES string of the molecule is CCOC(=O)C(=Cc1ccncc1)C(=O)c1cc(C(C)=O)c(Nc2ccccc2)s1. The minimum atomic E-state index is -0.713. The summed E-state index contributed by atoms with van der Waals surface area (Å²) in [5.41, 5.74) is 1.72. The zero-order valence-electron chi connectivity index (χ0n) is 16.5. The molecule has 0 unspecified atom stereocenters. The second-order valence-electron chi connectivity index (χ2n) is 6.29. The van der Waals surface area contributed by atoms with E-state index in [1.165, 1.54) is 19.1 Å². The van der Waals surface area contributed by atoms with Gasteiger partial charge in [0.05, 0.1) is 17.0 Å². The molecule has 152 valence electrons. The van der Waals surface area contributed by atoms with Gasteiger partial charge in [-0.1, -0.05) is 18.2 Å². The summed E-state index contributed by atoms with van der Waals surface area (Å²) in [5, 5.41) is 3.72. The number of anilines is 2. The van der Waals surface area contributed by atoms with Crippen molar-refractivity contribution in [1.29, 1.82) is 0 Å². The summed E-state index contributed by atoms with van der Waals surface area (Å²) in [6.45, 7) is 3.25. The molecule has 0 atom stereocenters. The average Bonchev–Trinajstić information content (AvgIpc) is 3.17. The Kier molecular flexibility index (Phi) is 6.87. The van der Waals surface area contributed by atoms with Gasteiger partial charge in [0, 0.05) is 18.1 Å². The number of thiophene rings is 1. The first-order chi connectivity index (χ1) is 14.5. The largest absolute Gasteiger partial charge is 0.462 e. The lowest BCUT2D eigenvalue weighted by Gasteiger charge is -2.06. The van der Waals surface area contributed by atoms with Gasteiger partial charge in [0.1, 0.15) is 10.6 Å². The summed E-state index contributed by atoms with van der Waals surface area (Å²) in [5.74, 6) is -1.40. The van der Waals surface area contributed by atoms with Crippen molar-refractivity contribution >= 4 is 45.6 Å².